The van der Waals surface area contributed by atoms with Gasteiger partial charge in [0.2, 0.25) is 0 Å². The molecule has 3 nitrogen and oxygen atoms in total. The van der Waals surface area contributed by atoms with Crippen LogP contribution in [-0.2, 0) is 4.79 Å². The van der Waals surface area contributed by atoms with Gasteiger partial charge in [0.15, 0.2) is 0 Å². The van der Waals surface area contributed by atoms with Crippen molar-refractivity contribution < 1.29 is 9.90 Å². The van der Waals surface area contributed by atoms with Crippen LogP contribution >= 0.6 is 0 Å². The molecule has 0 aromatic carbocycles. The molecule has 0 bridgehead atoms. The maximum atomic E-state index is 10.1. The molecule has 56 valence electrons. The first-order valence-corrected chi connectivity index (χ1v) is 5.10. The Kier molecular flexibility index (Phi) is 5.05. The summed E-state index contributed by atoms with van der Waals surface area (Å²) in [6, 6.07) is -0.728. The van der Waals surface area contributed by atoms with Crippen LogP contribution in [0.1, 0.15) is 0 Å². The molecular weight excluding hydrogens is 197 g/mol. The van der Waals surface area contributed by atoms with Crippen molar-refractivity contribution in [2.75, 3.05) is 0 Å². The molecule has 0 aromatic heterocycles. The number of nitrogens with two attached hydrogens (primary N) is 1. The molecule has 0 aromatic rings. The number of hydrogen-bond donors (Lipinski definition) is 2. The molecule has 0 aliphatic carbocycles. The third kappa shape index (κ3) is 4.39. The second-order valence-electron chi connectivity index (χ2n) is 1.66. The van der Waals surface area contributed by atoms with Gasteiger partial charge in [-0.3, -0.25) is 0 Å². The predicted molar refractivity (Wildman–Crippen MR) is 39.8 cm³/mol. The number of hydrogen-bond acceptors (Lipinski definition) is 2. The van der Waals surface area contributed by atoms with Crippen molar-refractivity contribution in [3.05, 3.63) is 0 Å². The number of terminal acetylenes is 1. The van der Waals surface area contributed by atoms with Crippen LogP contribution in [0.2, 0.25) is 10.6 Å². The molecule has 0 aliphatic heterocycles. The minimum absolute atomic E-state index is 0.187. The van der Waals surface area contributed by atoms with Gasteiger partial charge in [-0.25, -0.2) is 0 Å². The van der Waals surface area contributed by atoms with Crippen LogP contribution in [0.4, 0.5) is 0 Å². The summed E-state index contributed by atoms with van der Waals surface area (Å²) in [5.41, 5.74) is 5.20. The molecule has 0 unspecified atom stereocenters. The molecule has 0 aliphatic rings. The normalized spacial score (nSPS) is 12.0. The van der Waals surface area contributed by atoms with Crippen LogP contribution in [0.5, 0.6) is 0 Å². The molecule has 3 N–H and O–H groups in total. The summed E-state index contributed by atoms with van der Waals surface area (Å²) < 4.78 is 0. The number of carbonyl (C=O) groups is 1. The zero-order valence-corrected chi connectivity index (χ0v) is 7.12. The number of carboxylic acids is 1. The molecule has 0 saturated carbocycles. The van der Waals surface area contributed by atoms with Gasteiger partial charge in [0.05, 0.1) is 0 Å². The van der Waals surface area contributed by atoms with Gasteiger partial charge in [-0.15, -0.1) is 0 Å². The fraction of sp³-hybridized carbons (Fsp3) is 0.500. The summed E-state index contributed by atoms with van der Waals surface area (Å²) in [5, 5.41) is 9.50. The van der Waals surface area contributed by atoms with E-state index in [4.69, 9.17) is 17.3 Å². The van der Waals surface area contributed by atoms with Crippen molar-refractivity contribution in [1.82, 2.24) is 0 Å². The van der Waals surface area contributed by atoms with Gasteiger partial charge in [0.1, 0.15) is 0 Å². The standard InChI is InChI=1S/C6H9NO2Se/c1-2-3-10-4-5(7)6(8)9/h1,5H,3-4,7H2,(H,8,9)/t5-/m0/s1. The van der Waals surface area contributed by atoms with E-state index in [9.17, 15) is 4.79 Å². The average molecular weight is 206 g/mol. The van der Waals surface area contributed by atoms with Gasteiger partial charge >= 0.3 is 65.6 Å². The molecular formula is C6H9NO2Se. The predicted octanol–water partition coefficient (Wildman–Crippen LogP) is -0.428. The first kappa shape index (κ1) is 9.51. The zero-order valence-electron chi connectivity index (χ0n) is 5.41. The van der Waals surface area contributed by atoms with Crippen LogP contribution in [0, 0.1) is 12.3 Å². The Bertz CT molecular complexity index is 152. The molecule has 0 radical (unpaired) electrons. The van der Waals surface area contributed by atoms with E-state index in [-0.39, 0.29) is 15.0 Å². The number of carboxylic acid groups (broad SMARTS) is 1. The average Bonchev–Trinajstić information content (AvgIpc) is 1.88. The number of aliphatic carboxylic acids is 1. The second kappa shape index (κ2) is 5.31. The van der Waals surface area contributed by atoms with Gasteiger partial charge in [0, 0.05) is 0 Å². The van der Waals surface area contributed by atoms with E-state index in [1.165, 1.54) is 0 Å². The van der Waals surface area contributed by atoms with Crippen molar-refractivity contribution in [1.29, 1.82) is 0 Å². The van der Waals surface area contributed by atoms with Crippen LogP contribution in [0.15, 0.2) is 0 Å². The Morgan fingerprint density at radius 1 is 1.90 bits per heavy atom. The van der Waals surface area contributed by atoms with Gasteiger partial charge in [0.25, 0.3) is 0 Å². The Morgan fingerprint density at radius 3 is 2.90 bits per heavy atom. The molecule has 0 amide bonds. The molecule has 0 saturated heterocycles. The van der Waals surface area contributed by atoms with Crippen LogP contribution < -0.4 is 5.73 Å². The molecule has 10 heavy (non-hydrogen) atoms. The van der Waals surface area contributed by atoms with Gasteiger partial charge < -0.3 is 0 Å². The molecule has 0 fully saturated rings. The second-order valence-corrected chi connectivity index (χ2v) is 3.83. The van der Waals surface area contributed by atoms with Crippen molar-refractivity contribution >= 4 is 20.9 Å². The van der Waals surface area contributed by atoms with Gasteiger partial charge in [-0.05, 0) is 0 Å². The zero-order chi connectivity index (χ0) is 7.98. The molecule has 1 atom stereocenters. The number of rotatable bonds is 4. The topological polar surface area (TPSA) is 63.3 Å². The van der Waals surface area contributed by atoms with E-state index < -0.39 is 12.0 Å². The first-order chi connectivity index (χ1) is 4.68. The van der Waals surface area contributed by atoms with E-state index >= 15 is 0 Å². The Morgan fingerprint density at radius 2 is 2.50 bits per heavy atom. The van der Waals surface area contributed by atoms with Crippen LogP contribution in [0.3, 0.4) is 0 Å². The summed E-state index contributed by atoms with van der Waals surface area (Å²) in [7, 11) is 0. The van der Waals surface area contributed by atoms with Gasteiger partial charge in [-0.1, -0.05) is 0 Å². The summed E-state index contributed by atoms with van der Waals surface area (Å²) in [4.78, 5) is 10.1. The fourth-order valence-electron chi connectivity index (χ4n) is 0.316. The van der Waals surface area contributed by atoms with Crippen molar-refractivity contribution in [3.8, 4) is 12.3 Å². The van der Waals surface area contributed by atoms with Crippen molar-refractivity contribution in [2.24, 2.45) is 5.73 Å². The van der Waals surface area contributed by atoms with E-state index in [2.05, 4.69) is 5.92 Å². The first-order valence-electron chi connectivity index (χ1n) is 2.68. The SMILES string of the molecule is C#CC[Se]C[C@H](N)C(=O)O. The summed E-state index contributed by atoms with van der Waals surface area (Å²) in [6.07, 6.45) is 4.97. The monoisotopic (exact) mass is 207 g/mol. The van der Waals surface area contributed by atoms with E-state index in [0.717, 1.165) is 0 Å². The van der Waals surface area contributed by atoms with E-state index in [1.807, 2.05) is 0 Å². The van der Waals surface area contributed by atoms with Crippen LogP contribution in [-0.4, -0.2) is 32.1 Å². The third-order valence-corrected chi connectivity index (χ3v) is 2.83. The molecule has 4 heteroatoms. The fourth-order valence-corrected chi connectivity index (χ4v) is 1.64. The van der Waals surface area contributed by atoms with Gasteiger partial charge in [-0.2, -0.15) is 0 Å². The quantitative estimate of drug-likeness (QED) is 0.373. The Labute approximate surface area is 66.1 Å². The van der Waals surface area contributed by atoms with Crippen molar-refractivity contribution in [3.63, 3.8) is 0 Å². The third-order valence-electron chi connectivity index (χ3n) is 0.800. The molecule has 0 heterocycles. The van der Waals surface area contributed by atoms with E-state index in [0.29, 0.717) is 10.6 Å². The summed E-state index contributed by atoms with van der Waals surface area (Å²) >= 11 is 0.187. The van der Waals surface area contributed by atoms with Crippen LogP contribution in [0.25, 0.3) is 0 Å². The summed E-state index contributed by atoms with van der Waals surface area (Å²) in [5.74, 6) is 1.50. The molecule has 0 rings (SSSR count). The maximum absolute atomic E-state index is 10.1. The molecule has 0 spiro atoms. The van der Waals surface area contributed by atoms with Crippen molar-refractivity contribution in [2.45, 2.75) is 16.7 Å². The summed E-state index contributed by atoms with van der Waals surface area (Å²) in [6.45, 7) is 0. The minimum atomic E-state index is -0.945. The Hall–Kier alpha value is -0.491. The van der Waals surface area contributed by atoms with E-state index in [1.54, 1.807) is 0 Å². The Balaban J connectivity index is 3.32.